The van der Waals surface area contributed by atoms with Gasteiger partial charge in [0.1, 0.15) is 5.76 Å². The first-order valence-electron chi connectivity index (χ1n) is 3.92. The fraction of sp³-hybridized carbons (Fsp3) is 0.556. The minimum Gasteiger partial charge on any atom is -0.467 e. The summed E-state index contributed by atoms with van der Waals surface area (Å²) in [6.07, 6.45) is 1.73. The van der Waals surface area contributed by atoms with Crippen LogP contribution in [0.2, 0.25) is 0 Å². The molecular weight excluding hydrogens is 138 g/mol. The van der Waals surface area contributed by atoms with Crippen molar-refractivity contribution in [2.75, 3.05) is 0 Å². The van der Waals surface area contributed by atoms with Crippen molar-refractivity contribution >= 4 is 0 Å². The Balaban J connectivity index is 2.76. The third-order valence-electron chi connectivity index (χ3n) is 1.80. The van der Waals surface area contributed by atoms with Crippen LogP contribution in [0.5, 0.6) is 0 Å². The van der Waals surface area contributed by atoms with Crippen molar-refractivity contribution in [3.8, 4) is 0 Å². The second-order valence-electron chi connectivity index (χ2n) is 3.30. The Hall–Kier alpha value is -0.760. The van der Waals surface area contributed by atoms with Gasteiger partial charge in [-0.25, -0.2) is 0 Å². The Bertz CT molecular complexity index is 227. The molecule has 2 nitrogen and oxygen atoms in total. The molecule has 0 bridgehead atoms. The van der Waals surface area contributed by atoms with E-state index in [-0.39, 0.29) is 6.04 Å². The lowest BCUT2D eigenvalue weighted by atomic mass is 10.0. The number of aryl methyl sites for hydroxylation is 1. The van der Waals surface area contributed by atoms with Gasteiger partial charge in [-0.2, -0.15) is 0 Å². The summed E-state index contributed by atoms with van der Waals surface area (Å²) < 4.78 is 5.26. The second-order valence-corrected chi connectivity index (χ2v) is 3.30. The van der Waals surface area contributed by atoms with Crippen LogP contribution in [0.25, 0.3) is 0 Å². The van der Waals surface area contributed by atoms with Gasteiger partial charge in [-0.1, -0.05) is 13.8 Å². The van der Waals surface area contributed by atoms with E-state index < -0.39 is 0 Å². The van der Waals surface area contributed by atoms with Crippen LogP contribution in [-0.4, -0.2) is 0 Å². The van der Waals surface area contributed by atoms with E-state index in [1.165, 1.54) is 0 Å². The highest BCUT2D eigenvalue weighted by molar-refractivity contribution is 5.13. The van der Waals surface area contributed by atoms with Crippen molar-refractivity contribution in [2.45, 2.75) is 26.8 Å². The van der Waals surface area contributed by atoms with Crippen molar-refractivity contribution in [3.05, 3.63) is 23.7 Å². The molecule has 1 aromatic rings. The van der Waals surface area contributed by atoms with Gasteiger partial charge in [0.05, 0.1) is 12.3 Å². The van der Waals surface area contributed by atoms with Crippen molar-refractivity contribution in [2.24, 2.45) is 11.7 Å². The summed E-state index contributed by atoms with van der Waals surface area (Å²) in [5, 5.41) is 0. The fourth-order valence-corrected chi connectivity index (χ4v) is 0.957. The molecule has 0 amide bonds. The molecule has 1 atom stereocenters. The molecule has 0 fully saturated rings. The minimum atomic E-state index is 0.0312. The second kappa shape index (κ2) is 3.09. The summed E-state index contributed by atoms with van der Waals surface area (Å²) in [5.74, 6) is 1.32. The van der Waals surface area contributed by atoms with Crippen LogP contribution in [0.3, 0.4) is 0 Å². The Kier molecular flexibility index (Phi) is 2.35. The van der Waals surface area contributed by atoms with Gasteiger partial charge >= 0.3 is 0 Å². The summed E-state index contributed by atoms with van der Waals surface area (Å²) in [7, 11) is 0. The van der Waals surface area contributed by atoms with E-state index in [4.69, 9.17) is 10.2 Å². The molecule has 1 rings (SSSR count). The largest absolute Gasteiger partial charge is 0.467 e. The Morgan fingerprint density at radius 1 is 1.45 bits per heavy atom. The predicted octanol–water partition coefficient (Wildman–Crippen LogP) is 2.24. The first kappa shape index (κ1) is 8.34. The third-order valence-corrected chi connectivity index (χ3v) is 1.80. The molecule has 0 aliphatic rings. The van der Waals surface area contributed by atoms with E-state index in [0.717, 1.165) is 11.3 Å². The van der Waals surface area contributed by atoms with Crippen LogP contribution in [0.15, 0.2) is 16.7 Å². The van der Waals surface area contributed by atoms with Crippen LogP contribution in [0, 0.1) is 12.8 Å². The molecule has 2 N–H and O–H groups in total. The van der Waals surface area contributed by atoms with Crippen molar-refractivity contribution < 1.29 is 4.42 Å². The fourth-order valence-electron chi connectivity index (χ4n) is 0.957. The zero-order chi connectivity index (χ0) is 8.43. The van der Waals surface area contributed by atoms with Gasteiger partial charge < -0.3 is 10.2 Å². The molecule has 0 aliphatic carbocycles. The molecule has 0 radical (unpaired) electrons. The maximum atomic E-state index is 5.86. The first-order valence-corrected chi connectivity index (χ1v) is 3.92. The summed E-state index contributed by atoms with van der Waals surface area (Å²) in [4.78, 5) is 0. The zero-order valence-electron chi connectivity index (χ0n) is 7.29. The van der Waals surface area contributed by atoms with E-state index in [2.05, 4.69) is 13.8 Å². The highest BCUT2D eigenvalue weighted by Gasteiger charge is 2.13. The topological polar surface area (TPSA) is 39.2 Å². The average Bonchev–Trinajstić information content (AvgIpc) is 2.34. The molecule has 0 saturated carbocycles. The molecule has 11 heavy (non-hydrogen) atoms. The van der Waals surface area contributed by atoms with Gasteiger partial charge in [0.2, 0.25) is 0 Å². The summed E-state index contributed by atoms with van der Waals surface area (Å²) in [6.45, 7) is 6.17. The lowest BCUT2D eigenvalue weighted by molar-refractivity contribution is 0.402. The Morgan fingerprint density at radius 3 is 2.45 bits per heavy atom. The predicted molar refractivity (Wildman–Crippen MR) is 45.2 cm³/mol. The number of rotatable bonds is 2. The standard InChI is InChI=1S/C9H15NO/c1-6(2)9(10)8-4-7(3)5-11-8/h4-6,9H,10H2,1-3H3/t9-/m1/s1. The third kappa shape index (κ3) is 1.84. The zero-order valence-corrected chi connectivity index (χ0v) is 7.29. The maximum Gasteiger partial charge on any atom is 0.120 e. The highest BCUT2D eigenvalue weighted by atomic mass is 16.3. The molecule has 1 heterocycles. The molecule has 2 heteroatoms. The molecule has 1 aromatic heterocycles. The Labute approximate surface area is 67.4 Å². The molecule has 62 valence electrons. The van der Waals surface area contributed by atoms with Crippen molar-refractivity contribution in [1.29, 1.82) is 0 Å². The lowest BCUT2D eigenvalue weighted by Crippen LogP contribution is -2.15. The number of hydrogen-bond donors (Lipinski definition) is 1. The summed E-state index contributed by atoms with van der Waals surface area (Å²) >= 11 is 0. The molecule has 0 spiro atoms. The smallest absolute Gasteiger partial charge is 0.120 e. The number of hydrogen-bond acceptors (Lipinski definition) is 2. The van der Waals surface area contributed by atoms with Crippen LogP contribution >= 0.6 is 0 Å². The number of furan rings is 1. The molecule has 0 saturated heterocycles. The van der Waals surface area contributed by atoms with Gasteiger partial charge in [-0.3, -0.25) is 0 Å². The van der Waals surface area contributed by atoms with Crippen LogP contribution in [0.4, 0.5) is 0 Å². The first-order chi connectivity index (χ1) is 5.11. The molecular formula is C9H15NO. The van der Waals surface area contributed by atoms with E-state index in [1.54, 1.807) is 6.26 Å². The van der Waals surface area contributed by atoms with Crippen LogP contribution in [0.1, 0.15) is 31.2 Å². The number of nitrogens with two attached hydrogens (primary N) is 1. The van der Waals surface area contributed by atoms with Gasteiger partial charge in [0.25, 0.3) is 0 Å². The summed E-state index contributed by atoms with van der Waals surface area (Å²) in [6, 6.07) is 2.02. The quantitative estimate of drug-likeness (QED) is 0.707. The van der Waals surface area contributed by atoms with E-state index in [0.29, 0.717) is 5.92 Å². The van der Waals surface area contributed by atoms with Gasteiger partial charge in [0, 0.05) is 0 Å². The van der Waals surface area contributed by atoms with E-state index in [1.807, 2.05) is 13.0 Å². The minimum absolute atomic E-state index is 0.0312. The van der Waals surface area contributed by atoms with Crippen LogP contribution in [-0.2, 0) is 0 Å². The van der Waals surface area contributed by atoms with Crippen molar-refractivity contribution in [3.63, 3.8) is 0 Å². The van der Waals surface area contributed by atoms with Gasteiger partial charge in [0.15, 0.2) is 0 Å². The van der Waals surface area contributed by atoms with Crippen LogP contribution < -0.4 is 5.73 Å². The van der Waals surface area contributed by atoms with Gasteiger partial charge in [-0.05, 0) is 24.5 Å². The molecule has 0 unspecified atom stereocenters. The van der Waals surface area contributed by atoms with Gasteiger partial charge in [-0.15, -0.1) is 0 Å². The molecule has 0 aromatic carbocycles. The normalized spacial score (nSPS) is 13.9. The van der Waals surface area contributed by atoms with E-state index >= 15 is 0 Å². The highest BCUT2D eigenvalue weighted by Crippen LogP contribution is 2.20. The SMILES string of the molecule is Cc1coc([C@H](N)C(C)C)c1. The Morgan fingerprint density at radius 2 is 2.09 bits per heavy atom. The average molecular weight is 153 g/mol. The van der Waals surface area contributed by atoms with E-state index in [9.17, 15) is 0 Å². The monoisotopic (exact) mass is 153 g/mol. The molecule has 0 aliphatic heterocycles. The van der Waals surface area contributed by atoms with Crippen molar-refractivity contribution in [1.82, 2.24) is 0 Å². The summed E-state index contributed by atoms with van der Waals surface area (Å²) in [5.41, 5.74) is 6.99. The lowest BCUT2D eigenvalue weighted by Gasteiger charge is -2.11. The maximum absolute atomic E-state index is 5.86.